The molecule has 1 nitrogen and oxygen atoms in total. The lowest BCUT2D eigenvalue weighted by molar-refractivity contribution is 0.481. The normalized spacial score (nSPS) is 17.4. The first-order valence-electron chi connectivity index (χ1n) is 6.51. The summed E-state index contributed by atoms with van der Waals surface area (Å²) in [6.07, 6.45) is 7.45. The molecule has 1 N–H and O–H groups in total. The summed E-state index contributed by atoms with van der Waals surface area (Å²) in [5.74, 6) is -0.934. The highest BCUT2D eigenvalue weighted by molar-refractivity contribution is 5.25. The lowest BCUT2D eigenvalue weighted by atomic mass is 9.91. The van der Waals surface area contributed by atoms with Gasteiger partial charge in [0.2, 0.25) is 0 Å². The molecular weight excluding hydrogens is 232 g/mol. The van der Waals surface area contributed by atoms with Crippen molar-refractivity contribution in [3.05, 3.63) is 47.0 Å². The van der Waals surface area contributed by atoms with Crippen LogP contribution >= 0.6 is 0 Å². The van der Waals surface area contributed by atoms with E-state index in [0.29, 0.717) is 6.42 Å². The van der Waals surface area contributed by atoms with Crippen LogP contribution in [0.25, 0.3) is 0 Å². The molecule has 0 fully saturated rings. The van der Waals surface area contributed by atoms with Gasteiger partial charge in [0.15, 0.2) is 0 Å². The zero-order chi connectivity index (χ0) is 13.0. The number of benzene rings is 1. The van der Waals surface area contributed by atoms with Gasteiger partial charge in [-0.15, -0.1) is 0 Å². The van der Waals surface area contributed by atoms with Crippen LogP contribution in [0.4, 0.5) is 8.78 Å². The molecule has 1 atom stereocenters. The van der Waals surface area contributed by atoms with Crippen molar-refractivity contribution < 1.29 is 8.78 Å². The van der Waals surface area contributed by atoms with E-state index in [9.17, 15) is 8.78 Å². The number of hydrogen-bond acceptors (Lipinski definition) is 1. The van der Waals surface area contributed by atoms with E-state index in [1.54, 1.807) is 7.05 Å². The maximum absolute atomic E-state index is 13.7. The standard InChI is InChI=1S/C15H19F2N/c1-18-14(10-11-6-3-2-4-7-11)15-12(16)8-5-9-13(15)17/h5-6,8-9,14,18H,2-4,7,10H2,1H3. The minimum Gasteiger partial charge on any atom is -0.313 e. The van der Waals surface area contributed by atoms with Gasteiger partial charge in [0.1, 0.15) is 11.6 Å². The van der Waals surface area contributed by atoms with E-state index in [-0.39, 0.29) is 11.6 Å². The van der Waals surface area contributed by atoms with E-state index >= 15 is 0 Å². The van der Waals surface area contributed by atoms with E-state index in [1.807, 2.05) is 0 Å². The Morgan fingerprint density at radius 2 is 1.94 bits per heavy atom. The van der Waals surface area contributed by atoms with Crippen molar-refractivity contribution in [3.8, 4) is 0 Å². The molecule has 0 saturated carbocycles. The maximum Gasteiger partial charge on any atom is 0.130 e. The van der Waals surface area contributed by atoms with E-state index in [4.69, 9.17) is 0 Å². The smallest absolute Gasteiger partial charge is 0.130 e. The van der Waals surface area contributed by atoms with Gasteiger partial charge in [-0.25, -0.2) is 8.78 Å². The van der Waals surface area contributed by atoms with Crippen molar-refractivity contribution in [1.82, 2.24) is 5.32 Å². The van der Waals surface area contributed by atoms with Crippen molar-refractivity contribution in [2.24, 2.45) is 0 Å². The first-order valence-corrected chi connectivity index (χ1v) is 6.51. The van der Waals surface area contributed by atoms with E-state index in [2.05, 4.69) is 11.4 Å². The second kappa shape index (κ2) is 6.10. The Bertz CT molecular complexity index is 420. The highest BCUT2D eigenvalue weighted by atomic mass is 19.1. The number of hydrogen-bond donors (Lipinski definition) is 1. The highest BCUT2D eigenvalue weighted by Gasteiger charge is 2.20. The van der Waals surface area contributed by atoms with Crippen LogP contribution in [-0.4, -0.2) is 7.05 Å². The third-order valence-electron chi connectivity index (χ3n) is 3.55. The molecule has 1 aliphatic rings. The van der Waals surface area contributed by atoms with Crippen LogP contribution in [0.3, 0.4) is 0 Å². The fraction of sp³-hybridized carbons (Fsp3) is 0.467. The Morgan fingerprint density at radius 1 is 1.22 bits per heavy atom. The van der Waals surface area contributed by atoms with Gasteiger partial charge in [-0.3, -0.25) is 0 Å². The van der Waals surface area contributed by atoms with E-state index < -0.39 is 11.6 Å². The second-order valence-electron chi connectivity index (χ2n) is 4.79. The molecule has 0 aromatic heterocycles. The monoisotopic (exact) mass is 251 g/mol. The number of rotatable bonds is 4. The summed E-state index contributed by atoms with van der Waals surface area (Å²) in [4.78, 5) is 0. The first-order chi connectivity index (χ1) is 8.72. The average Bonchev–Trinajstić information content (AvgIpc) is 2.38. The molecule has 0 heterocycles. The molecule has 1 unspecified atom stereocenters. The molecule has 0 aliphatic heterocycles. The lowest BCUT2D eigenvalue weighted by Crippen LogP contribution is -2.20. The van der Waals surface area contributed by atoms with Crippen LogP contribution in [0.2, 0.25) is 0 Å². The van der Waals surface area contributed by atoms with Gasteiger partial charge in [0, 0.05) is 11.6 Å². The van der Waals surface area contributed by atoms with Gasteiger partial charge in [-0.05, 0) is 51.3 Å². The minimum atomic E-state index is -0.467. The third kappa shape index (κ3) is 2.96. The Kier molecular flexibility index (Phi) is 4.48. The van der Waals surface area contributed by atoms with Crippen LogP contribution in [0.15, 0.2) is 29.8 Å². The van der Waals surface area contributed by atoms with Gasteiger partial charge in [-0.2, -0.15) is 0 Å². The van der Waals surface area contributed by atoms with Crippen molar-refractivity contribution in [2.75, 3.05) is 7.05 Å². The number of allylic oxidation sites excluding steroid dienone is 1. The van der Waals surface area contributed by atoms with Crippen molar-refractivity contribution in [3.63, 3.8) is 0 Å². The molecule has 3 heteroatoms. The van der Waals surface area contributed by atoms with Gasteiger partial charge in [0.05, 0.1) is 0 Å². The molecule has 0 amide bonds. The molecule has 2 rings (SSSR count). The number of halogens is 2. The fourth-order valence-corrected chi connectivity index (χ4v) is 2.54. The van der Waals surface area contributed by atoms with Gasteiger partial charge in [-0.1, -0.05) is 17.7 Å². The van der Waals surface area contributed by atoms with E-state index in [0.717, 1.165) is 12.8 Å². The Morgan fingerprint density at radius 3 is 2.50 bits per heavy atom. The van der Waals surface area contributed by atoms with Gasteiger partial charge >= 0.3 is 0 Å². The molecule has 0 saturated heterocycles. The van der Waals surface area contributed by atoms with Crippen molar-refractivity contribution >= 4 is 0 Å². The highest BCUT2D eigenvalue weighted by Crippen LogP contribution is 2.30. The molecule has 18 heavy (non-hydrogen) atoms. The SMILES string of the molecule is CNC(CC1=CCCCC1)c1c(F)cccc1F. The Labute approximate surface area is 107 Å². The molecule has 1 aromatic carbocycles. The summed E-state index contributed by atoms with van der Waals surface area (Å²) < 4.78 is 27.5. The topological polar surface area (TPSA) is 12.0 Å². The Balaban J connectivity index is 2.20. The summed E-state index contributed by atoms with van der Waals surface area (Å²) in [7, 11) is 1.75. The van der Waals surface area contributed by atoms with Gasteiger partial charge < -0.3 is 5.32 Å². The number of nitrogens with one attached hydrogen (secondary N) is 1. The summed E-state index contributed by atoms with van der Waals surface area (Å²) in [5.41, 5.74) is 1.47. The van der Waals surface area contributed by atoms with Crippen LogP contribution in [0.1, 0.15) is 43.7 Å². The second-order valence-corrected chi connectivity index (χ2v) is 4.79. The molecule has 98 valence electrons. The molecule has 1 aliphatic carbocycles. The predicted molar refractivity (Wildman–Crippen MR) is 69.3 cm³/mol. The fourth-order valence-electron chi connectivity index (χ4n) is 2.54. The lowest BCUT2D eigenvalue weighted by Gasteiger charge is -2.21. The average molecular weight is 251 g/mol. The maximum atomic E-state index is 13.7. The van der Waals surface area contributed by atoms with Crippen LogP contribution < -0.4 is 5.32 Å². The van der Waals surface area contributed by atoms with Crippen LogP contribution in [0.5, 0.6) is 0 Å². The van der Waals surface area contributed by atoms with Crippen molar-refractivity contribution in [1.29, 1.82) is 0 Å². The molecule has 0 radical (unpaired) electrons. The van der Waals surface area contributed by atoms with Crippen LogP contribution in [0, 0.1) is 11.6 Å². The zero-order valence-corrected chi connectivity index (χ0v) is 10.7. The third-order valence-corrected chi connectivity index (χ3v) is 3.55. The first kappa shape index (κ1) is 13.2. The Hall–Kier alpha value is -1.22. The van der Waals surface area contributed by atoms with Crippen LogP contribution in [-0.2, 0) is 0 Å². The largest absolute Gasteiger partial charge is 0.313 e. The molecule has 0 spiro atoms. The molecule has 1 aromatic rings. The quantitative estimate of drug-likeness (QED) is 0.794. The summed E-state index contributed by atoms with van der Waals surface area (Å²) in [6, 6.07) is 3.76. The van der Waals surface area contributed by atoms with Crippen molar-refractivity contribution in [2.45, 2.75) is 38.1 Å². The minimum absolute atomic E-state index is 0.159. The molecule has 0 bridgehead atoms. The zero-order valence-electron chi connectivity index (χ0n) is 10.7. The summed E-state index contributed by atoms with van der Waals surface area (Å²) >= 11 is 0. The summed E-state index contributed by atoms with van der Waals surface area (Å²) in [5, 5.41) is 3.03. The predicted octanol–water partition coefficient (Wildman–Crippen LogP) is 4.12. The summed E-state index contributed by atoms with van der Waals surface area (Å²) in [6.45, 7) is 0. The van der Waals surface area contributed by atoms with E-state index in [1.165, 1.54) is 36.6 Å². The van der Waals surface area contributed by atoms with Gasteiger partial charge in [0.25, 0.3) is 0 Å². The molecular formula is C15H19F2N.